The third-order valence-corrected chi connectivity index (χ3v) is 3.13. The van der Waals surface area contributed by atoms with Crippen LogP contribution in [0.1, 0.15) is 25.8 Å². The Morgan fingerprint density at radius 2 is 2.11 bits per heavy atom. The molecule has 0 radical (unpaired) electrons. The number of carbonyl (C=O) groups excluding carboxylic acids is 1. The Morgan fingerprint density at radius 3 is 2.67 bits per heavy atom. The quantitative estimate of drug-likeness (QED) is 0.568. The fourth-order valence-corrected chi connectivity index (χ4v) is 2.18. The number of nitrogens with two attached hydrogens (primary N) is 2. The van der Waals surface area contributed by atoms with Crippen molar-refractivity contribution in [2.24, 2.45) is 16.5 Å². The van der Waals surface area contributed by atoms with Gasteiger partial charge in [0.15, 0.2) is 5.96 Å². The predicted molar refractivity (Wildman–Crippen MR) is 68.2 cm³/mol. The zero-order valence-electron chi connectivity index (χ0n) is 10.4. The molecular formula is C11H18N6O. The fourth-order valence-electron chi connectivity index (χ4n) is 2.18. The average molecular weight is 250 g/mol. The second-order valence-electron chi connectivity index (χ2n) is 4.45. The molecule has 0 aromatic carbocycles. The summed E-state index contributed by atoms with van der Waals surface area (Å²) < 4.78 is 1.87. The van der Waals surface area contributed by atoms with Crippen molar-refractivity contribution in [1.29, 1.82) is 0 Å². The Kier molecular flexibility index (Phi) is 3.50. The Hall–Kier alpha value is -2.05. The summed E-state index contributed by atoms with van der Waals surface area (Å²) in [6.45, 7) is 3.15. The van der Waals surface area contributed by atoms with Crippen LogP contribution in [0.25, 0.3) is 0 Å². The molecule has 7 nitrogen and oxygen atoms in total. The second kappa shape index (κ2) is 5.07. The molecular weight excluding hydrogens is 232 g/mol. The minimum atomic E-state index is 0.0287. The molecule has 0 unspecified atom stereocenters. The number of likely N-dealkylation sites (tertiary alicyclic amines) is 1. The number of aliphatic imine (C=N–C) groups is 1. The van der Waals surface area contributed by atoms with E-state index >= 15 is 0 Å². The van der Waals surface area contributed by atoms with Gasteiger partial charge in [-0.15, -0.1) is 0 Å². The maximum Gasteiger partial charge on any atom is 0.219 e. The number of aromatic nitrogens is 2. The molecule has 0 atom stereocenters. The molecule has 0 saturated carbocycles. The van der Waals surface area contributed by atoms with Gasteiger partial charge in [-0.25, -0.2) is 4.99 Å². The average Bonchev–Trinajstić information content (AvgIpc) is 2.76. The second-order valence-corrected chi connectivity index (χ2v) is 4.45. The third-order valence-electron chi connectivity index (χ3n) is 3.13. The molecule has 1 amide bonds. The number of hydrogen-bond donors (Lipinski definition) is 2. The Bertz CT molecular complexity index is 454. The lowest BCUT2D eigenvalue weighted by molar-refractivity contribution is -0.130. The molecule has 1 aromatic heterocycles. The summed E-state index contributed by atoms with van der Waals surface area (Å²) in [4.78, 5) is 17.0. The minimum absolute atomic E-state index is 0.0287. The Labute approximate surface area is 105 Å². The van der Waals surface area contributed by atoms with E-state index < -0.39 is 0 Å². The highest BCUT2D eigenvalue weighted by Gasteiger charge is 2.22. The third kappa shape index (κ3) is 2.79. The molecule has 0 spiro atoms. The van der Waals surface area contributed by atoms with Gasteiger partial charge in [0.2, 0.25) is 5.91 Å². The summed E-state index contributed by atoms with van der Waals surface area (Å²) in [6, 6.07) is 0.309. The summed E-state index contributed by atoms with van der Waals surface area (Å²) >= 11 is 0. The first-order valence-electron chi connectivity index (χ1n) is 5.95. The van der Waals surface area contributed by atoms with Gasteiger partial charge < -0.3 is 16.4 Å². The largest absolute Gasteiger partial charge is 0.370 e. The van der Waals surface area contributed by atoms with Gasteiger partial charge in [0.1, 0.15) is 5.69 Å². The van der Waals surface area contributed by atoms with Crippen LogP contribution in [-0.4, -0.2) is 39.6 Å². The van der Waals surface area contributed by atoms with Crippen LogP contribution in [0.4, 0.5) is 5.69 Å². The van der Waals surface area contributed by atoms with E-state index in [1.54, 1.807) is 13.1 Å². The van der Waals surface area contributed by atoms with Crippen molar-refractivity contribution in [1.82, 2.24) is 14.7 Å². The number of carbonyl (C=O) groups is 1. The summed E-state index contributed by atoms with van der Waals surface area (Å²) in [6.07, 6.45) is 5.27. The van der Waals surface area contributed by atoms with Gasteiger partial charge in [-0.2, -0.15) is 5.10 Å². The number of piperidine rings is 1. The smallest absolute Gasteiger partial charge is 0.219 e. The minimum Gasteiger partial charge on any atom is -0.370 e. The van der Waals surface area contributed by atoms with Gasteiger partial charge in [0, 0.05) is 20.0 Å². The molecule has 98 valence electrons. The molecule has 2 heterocycles. The van der Waals surface area contributed by atoms with Crippen molar-refractivity contribution in [3.05, 3.63) is 12.4 Å². The van der Waals surface area contributed by atoms with E-state index in [-0.39, 0.29) is 11.9 Å². The molecule has 1 fully saturated rings. The van der Waals surface area contributed by atoms with Gasteiger partial charge in [0.25, 0.3) is 0 Å². The molecule has 7 heteroatoms. The van der Waals surface area contributed by atoms with Crippen LogP contribution in [0.5, 0.6) is 0 Å². The number of guanidine groups is 1. The highest BCUT2D eigenvalue weighted by atomic mass is 16.2. The van der Waals surface area contributed by atoms with Crippen LogP contribution in [0.2, 0.25) is 0 Å². The summed E-state index contributed by atoms with van der Waals surface area (Å²) in [5, 5.41) is 4.26. The molecule has 2 rings (SSSR count). The van der Waals surface area contributed by atoms with Crippen molar-refractivity contribution in [2.75, 3.05) is 13.1 Å². The van der Waals surface area contributed by atoms with Crippen LogP contribution in [0.15, 0.2) is 17.4 Å². The first kappa shape index (κ1) is 12.4. The SMILES string of the molecule is CC(=O)N1CCC(n2cc(N=C(N)N)cn2)CC1. The Balaban J connectivity index is 1.99. The number of hydrogen-bond acceptors (Lipinski definition) is 3. The van der Waals surface area contributed by atoms with Crippen LogP contribution < -0.4 is 11.5 Å². The van der Waals surface area contributed by atoms with Crippen LogP contribution >= 0.6 is 0 Å². The molecule has 0 aliphatic carbocycles. The number of nitrogens with zero attached hydrogens (tertiary/aromatic N) is 4. The van der Waals surface area contributed by atoms with E-state index in [0.29, 0.717) is 11.7 Å². The standard InChI is InChI=1S/C11H18N6O/c1-8(18)16-4-2-10(3-5-16)17-7-9(6-14-17)15-11(12)13/h6-7,10H,2-5H2,1H3,(H4,12,13,15). The summed E-state index contributed by atoms with van der Waals surface area (Å²) in [5.74, 6) is 0.163. The normalized spacial score (nSPS) is 16.6. The molecule has 18 heavy (non-hydrogen) atoms. The van der Waals surface area contributed by atoms with Crippen LogP contribution in [-0.2, 0) is 4.79 Å². The van der Waals surface area contributed by atoms with E-state index in [0.717, 1.165) is 25.9 Å². The highest BCUT2D eigenvalue weighted by molar-refractivity contribution is 5.78. The van der Waals surface area contributed by atoms with Crippen LogP contribution in [0, 0.1) is 0 Å². The zero-order valence-corrected chi connectivity index (χ0v) is 10.4. The van der Waals surface area contributed by atoms with Gasteiger partial charge >= 0.3 is 0 Å². The van der Waals surface area contributed by atoms with E-state index in [1.165, 1.54) is 0 Å². The fraction of sp³-hybridized carbons (Fsp3) is 0.545. The van der Waals surface area contributed by atoms with Crippen molar-refractivity contribution in [3.8, 4) is 0 Å². The zero-order chi connectivity index (χ0) is 13.1. The van der Waals surface area contributed by atoms with Crippen molar-refractivity contribution < 1.29 is 4.79 Å². The summed E-state index contributed by atoms with van der Waals surface area (Å²) in [5.41, 5.74) is 11.3. The lowest BCUT2D eigenvalue weighted by atomic mass is 10.1. The van der Waals surface area contributed by atoms with Crippen molar-refractivity contribution >= 4 is 17.6 Å². The van der Waals surface area contributed by atoms with Gasteiger partial charge in [-0.1, -0.05) is 0 Å². The lowest BCUT2D eigenvalue weighted by Crippen LogP contribution is -2.37. The predicted octanol–water partition coefficient (Wildman–Crippen LogP) is -0.0286. The first-order valence-corrected chi connectivity index (χ1v) is 5.95. The highest BCUT2D eigenvalue weighted by Crippen LogP contribution is 2.23. The lowest BCUT2D eigenvalue weighted by Gasteiger charge is -2.31. The monoisotopic (exact) mass is 250 g/mol. The van der Waals surface area contributed by atoms with Gasteiger partial charge in [0.05, 0.1) is 18.4 Å². The van der Waals surface area contributed by atoms with Crippen LogP contribution in [0.3, 0.4) is 0 Å². The van der Waals surface area contributed by atoms with E-state index in [1.807, 2.05) is 15.8 Å². The molecule has 1 aliphatic rings. The van der Waals surface area contributed by atoms with E-state index in [4.69, 9.17) is 11.5 Å². The van der Waals surface area contributed by atoms with Crippen molar-refractivity contribution in [2.45, 2.75) is 25.8 Å². The first-order chi connectivity index (χ1) is 8.56. The maximum absolute atomic E-state index is 11.2. The topological polar surface area (TPSA) is 103 Å². The molecule has 1 saturated heterocycles. The van der Waals surface area contributed by atoms with E-state index in [2.05, 4.69) is 10.1 Å². The number of rotatable bonds is 2. The van der Waals surface area contributed by atoms with Crippen molar-refractivity contribution in [3.63, 3.8) is 0 Å². The molecule has 1 aliphatic heterocycles. The Morgan fingerprint density at radius 1 is 1.44 bits per heavy atom. The number of amides is 1. The molecule has 0 bridgehead atoms. The van der Waals surface area contributed by atoms with Gasteiger partial charge in [-0.3, -0.25) is 9.48 Å². The van der Waals surface area contributed by atoms with E-state index in [9.17, 15) is 4.79 Å². The summed E-state index contributed by atoms with van der Waals surface area (Å²) in [7, 11) is 0. The molecule has 1 aromatic rings. The molecule has 4 N–H and O–H groups in total. The van der Waals surface area contributed by atoms with Gasteiger partial charge in [-0.05, 0) is 12.8 Å². The maximum atomic E-state index is 11.2.